The fraction of sp³-hybridized carbons (Fsp3) is 0.0500. The smallest absolute Gasteiger partial charge is 0.231 e. The van der Waals surface area contributed by atoms with Gasteiger partial charge in [0.1, 0.15) is 11.3 Å². The lowest BCUT2D eigenvalue weighted by molar-refractivity contribution is 0.174. The van der Waals surface area contributed by atoms with Gasteiger partial charge in [0.05, 0.1) is 11.6 Å². The maximum absolute atomic E-state index is 8.92. The zero-order valence-corrected chi connectivity index (χ0v) is 13.6. The predicted octanol–water partition coefficient (Wildman–Crippen LogP) is 3.89. The molecule has 124 valence electrons. The first-order valence-corrected chi connectivity index (χ1v) is 8.06. The summed E-state index contributed by atoms with van der Waals surface area (Å²) < 4.78 is 10.8. The molecule has 1 aliphatic heterocycles. The normalized spacial score (nSPS) is 12.3. The number of imidazole rings is 1. The molecule has 3 heterocycles. The number of nitriles is 1. The standard InChI is InChI=1S/C20H12N4O2/c21-9-12-1-3-13(4-2-12)15-7-16-20(22-10-15)24-19(23-16)14-5-6-17-18(8-14)26-11-25-17/h1-8,10H,11H2,(H,22,23,24). The summed E-state index contributed by atoms with van der Waals surface area (Å²) in [6, 6.07) is 17.2. The molecule has 0 atom stereocenters. The van der Waals surface area contributed by atoms with Crippen LogP contribution in [0, 0.1) is 11.3 Å². The van der Waals surface area contributed by atoms with E-state index in [4.69, 9.17) is 14.7 Å². The van der Waals surface area contributed by atoms with E-state index < -0.39 is 0 Å². The van der Waals surface area contributed by atoms with Gasteiger partial charge in [0.15, 0.2) is 17.1 Å². The minimum Gasteiger partial charge on any atom is -0.454 e. The van der Waals surface area contributed by atoms with E-state index in [1.54, 1.807) is 18.3 Å². The average Bonchev–Trinajstić information content (AvgIpc) is 3.33. The second-order valence-corrected chi connectivity index (χ2v) is 5.93. The number of aromatic nitrogens is 3. The zero-order valence-electron chi connectivity index (χ0n) is 13.6. The van der Waals surface area contributed by atoms with Crippen LogP contribution in [0.25, 0.3) is 33.7 Å². The largest absolute Gasteiger partial charge is 0.454 e. The first-order valence-electron chi connectivity index (χ1n) is 8.06. The lowest BCUT2D eigenvalue weighted by Gasteiger charge is -2.00. The van der Waals surface area contributed by atoms with E-state index in [0.717, 1.165) is 39.4 Å². The number of benzene rings is 2. The molecule has 0 unspecified atom stereocenters. The monoisotopic (exact) mass is 340 g/mol. The van der Waals surface area contributed by atoms with Crippen molar-refractivity contribution in [1.29, 1.82) is 5.26 Å². The average molecular weight is 340 g/mol. The van der Waals surface area contributed by atoms with Crippen LogP contribution in [0.3, 0.4) is 0 Å². The van der Waals surface area contributed by atoms with Crippen LogP contribution in [0.5, 0.6) is 11.5 Å². The maximum atomic E-state index is 8.92. The molecule has 0 saturated heterocycles. The number of pyridine rings is 1. The Kier molecular flexibility index (Phi) is 3.12. The van der Waals surface area contributed by atoms with Gasteiger partial charge in [-0.3, -0.25) is 0 Å². The van der Waals surface area contributed by atoms with Crippen molar-refractivity contribution in [2.75, 3.05) is 6.79 Å². The summed E-state index contributed by atoms with van der Waals surface area (Å²) in [5.41, 5.74) is 4.98. The molecule has 1 N–H and O–H groups in total. The molecule has 5 rings (SSSR count). The summed E-state index contributed by atoms with van der Waals surface area (Å²) in [7, 11) is 0. The van der Waals surface area contributed by atoms with E-state index in [9.17, 15) is 0 Å². The Morgan fingerprint density at radius 1 is 0.923 bits per heavy atom. The minimum atomic E-state index is 0.244. The number of hydrogen-bond donors (Lipinski definition) is 1. The summed E-state index contributed by atoms with van der Waals surface area (Å²) in [4.78, 5) is 12.4. The highest BCUT2D eigenvalue weighted by Crippen LogP contribution is 2.35. The topological polar surface area (TPSA) is 83.8 Å². The van der Waals surface area contributed by atoms with Gasteiger partial charge in [0.25, 0.3) is 0 Å². The highest BCUT2D eigenvalue weighted by Gasteiger charge is 2.15. The third-order valence-corrected chi connectivity index (χ3v) is 4.33. The molecule has 0 amide bonds. The van der Waals surface area contributed by atoms with Crippen molar-refractivity contribution < 1.29 is 9.47 Å². The summed E-state index contributed by atoms with van der Waals surface area (Å²) in [5, 5.41) is 8.92. The van der Waals surface area contributed by atoms with Crippen LogP contribution >= 0.6 is 0 Å². The Balaban J connectivity index is 1.54. The molecule has 0 aliphatic carbocycles. The van der Waals surface area contributed by atoms with Crippen molar-refractivity contribution in [3.63, 3.8) is 0 Å². The first kappa shape index (κ1) is 14.5. The molecule has 2 aromatic heterocycles. The second-order valence-electron chi connectivity index (χ2n) is 5.93. The summed E-state index contributed by atoms with van der Waals surface area (Å²) in [6.07, 6.45) is 1.80. The van der Waals surface area contributed by atoms with Crippen molar-refractivity contribution >= 4 is 11.2 Å². The van der Waals surface area contributed by atoms with Crippen molar-refractivity contribution in [3.05, 3.63) is 60.3 Å². The van der Waals surface area contributed by atoms with Crippen LogP contribution in [0.2, 0.25) is 0 Å². The highest BCUT2D eigenvalue weighted by molar-refractivity contribution is 5.81. The van der Waals surface area contributed by atoms with E-state index in [1.807, 2.05) is 36.4 Å². The SMILES string of the molecule is N#Cc1ccc(-c2cnc3[nH]c(-c4ccc5c(c4)OCO5)nc3c2)cc1. The van der Waals surface area contributed by atoms with Gasteiger partial charge in [-0.2, -0.15) is 5.26 Å². The fourth-order valence-electron chi connectivity index (χ4n) is 2.97. The van der Waals surface area contributed by atoms with Crippen LogP contribution in [0.4, 0.5) is 0 Å². The molecule has 0 bridgehead atoms. The molecular formula is C20H12N4O2. The van der Waals surface area contributed by atoms with Crippen molar-refractivity contribution in [3.8, 4) is 40.1 Å². The molecule has 0 spiro atoms. The van der Waals surface area contributed by atoms with Gasteiger partial charge in [-0.25, -0.2) is 9.97 Å². The Morgan fingerprint density at radius 3 is 2.58 bits per heavy atom. The van der Waals surface area contributed by atoms with Crippen LogP contribution in [0.15, 0.2) is 54.7 Å². The molecule has 0 fully saturated rings. The van der Waals surface area contributed by atoms with E-state index in [-0.39, 0.29) is 6.79 Å². The summed E-state index contributed by atoms with van der Waals surface area (Å²) in [5.74, 6) is 2.18. The van der Waals surface area contributed by atoms with E-state index in [1.165, 1.54) is 0 Å². The molecular weight excluding hydrogens is 328 g/mol. The lowest BCUT2D eigenvalue weighted by atomic mass is 10.1. The Bertz CT molecular complexity index is 1170. The maximum Gasteiger partial charge on any atom is 0.231 e. The summed E-state index contributed by atoms with van der Waals surface area (Å²) in [6.45, 7) is 0.244. The molecule has 6 nitrogen and oxygen atoms in total. The molecule has 6 heteroatoms. The van der Waals surface area contributed by atoms with Gasteiger partial charge in [0.2, 0.25) is 6.79 Å². The lowest BCUT2D eigenvalue weighted by Crippen LogP contribution is -1.92. The van der Waals surface area contributed by atoms with E-state index in [2.05, 4.69) is 21.0 Å². The zero-order chi connectivity index (χ0) is 17.5. The number of aromatic amines is 1. The number of fused-ring (bicyclic) bond motifs is 2. The molecule has 0 saturated carbocycles. The van der Waals surface area contributed by atoms with Gasteiger partial charge in [-0.05, 0) is 42.0 Å². The van der Waals surface area contributed by atoms with Gasteiger partial charge >= 0.3 is 0 Å². The Hall–Kier alpha value is -3.85. The third-order valence-electron chi connectivity index (χ3n) is 4.33. The van der Waals surface area contributed by atoms with Gasteiger partial charge in [-0.1, -0.05) is 12.1 Å². The first-order chi connectivity index (χ1) is 12.8. The van der Waals surface area contributed by atoms with E-state index in [0.29, 0.717) is 11.3 Å². The number of H-pyrrole nitrogens is 1. The molecule has 0 radical (unpaired) electrons. The summed E-state index contributed by atoms with van der Waals surface area (Å²) >= 11 is 0. The number of ether oxygens (including phenoxy) is 2. The predicted molar refractivity (Wildman–Crippen MR) is 95.6 cm³/mol. The number of rotatable bonds is 2. The van der Waals surface area contributed by atoms with Gasteiger partial charge in [-0.15, -0.1) is 0 Å². The molecule has 4 aromatic rings. The van der Waals surface area contributed by atoms with Crippen molar-refractivity contribution in [2.24, 2.45) is 0 Å². The quantitative estimate of drug-likeness (QED) is 0.598. The van der Waals surface area contributed by atoms with Crippen LogP contribution < -0.4 is 9.47 Å². The van der Waals surface area contributed by atoms with Gasteiger partial charge < -0.3 is 14.5 Å². The fourth-order valence-corrected chi connectivity index (χ4v) is 2.97. The van der Waals surface area contributed by atoms with Gasteiger partial charge in [0, 0.05) is 17.3 Å². The number of nitrogens with one attached hydrogen (secondary N) is 1. The van der Waals surface area contributed by atoms with Crippen LogP contribution in [-0.4, -0.2) is 21.7 Å². The number of hydrogen-bond acceptors (Lipinski definition) is 5. The second kappa shape index (κ2) is 5.60. The van der Waals surface area contributed by atoms with Crippen LogP contribution in [-0.2, 0) is 0 Å². The molecule has 1 aliphatic rings. The molecule has 26 heavy (non-hydrogen) atoms. The number of nitrogens with zero attached hydrogens (tertiary/aromatic N) is 3. The van der Waals surface area contributed by atoms with E-state index >= 15 is 0 Å². The minimum absolute atomic E-state index is 0.244. The Labute approximate surface area is 148 Å². The Morgan fingerprint density at radius 2 is 1.73 bits per heavy atom. The highest BCUT2D eigenvalue weighted by atomic mass is 16.7. The third kappa shape index (κ3) is 2.34. The van der Waals surface area contributed by atoms with Crippen molar-refractivity contribution in [1.82, 2.24) is 15.0 Å². The molecule has 2 aromatic carbocycles. The van der Waals surface area contributed by atoms with Crippen molar-refractivity contribution in [2.45, 2.75) is 0 Å². The van der Waals surface area contributed by atoms with Crippen LogP contribution in [0.1, 0.15) is 5.56 Å².